The van der Waals surface area contributed by atoms with Crippen molar-refractivity contribution in [3.05, 3.63) is 58.0 Å². The number of carbonyl (C=O) groups excluding carboxylic acids is 1. The maximum Gasteiger partial charge on any atom is 0.410 e. The summed E-state index contributed by atoms with van der Waals surface area (Å²) in [7, 11) is 7.24. The predicted octanol–water partition coefficient (Wildman–Crippen LogP) is 4.87. The molecule has 14 nitrogen and oxygen atoms in total. The van der Waals surface area contributed by atoms with Gasteiger partial charge in [-0.15, -0.1) is 0 Å². The van der Waals surface area contributed by atoms with E-state index in [9.17, 15) is 14.9 Å². The Balaban J connectivity index is 1.44. The number of nitrogens with one attached hydrogen (secondary N) is 1. The number of likely N-dealkylation sites (tertiary alicyclic amines) is 1. The summed E-state index contributed by atoms with van der Waals surface area (Å²) in [6.07, 6.45) is 2.05. The Morgan fingerprint density at radius 1 is 1.13 bits per heavy atom. The van der Waals surface area contributed by atoms with Gasteiger partial charge in [0.2, 0.25) is 5.95 Å². The summed E-state index contributed by atoms with van der Waals surface area (Å²) in [5, 5.41) is 15.3. The standard InChI is InChI=1S/C32H43N9O5/c1-21-9-10-23-28(34-21)32(12-14-39(19-32)30(42)46-31(2,3)4)20-40(23)27-11-13-33-29(36-27)35-22-17-25(41(43)44)24(18-26(22)45-8)38(7)16-15-37(5)6/h9-11,13,17-18H,12,14-16,19-20H2,1-8H3,(H,33,35,36). The molecule has 246 valence electrons. The van der Waals surface area contributed by atoms with Crippen LogP contribution in [0.15, 0.2) is 36.5 Å². The molecule has 1 spiro atoms. The first-order chi connectivity index (χ1) is 21.7. The zero-order valence-electron chi connectivity index (χ0n) is 27.8. The molecule has 5 rings (SSSR count). The third-order valence-electron chi connectivity index (χ3n) is 8.22. The summed E-state index contributed by atoms with van der Waals surface area (Å²) in [4.78, 5) is 46.6. The predicted molar refractivity (Wildman–Crippen MR) is 177 cm³/mol. The number of benzene rings is 1. The van der Waals surface area contributed by atoms with Crippen LogP contribution >= 0.6 is 0 Å². The van der Waals surface area contributed by atoms with E-state index in [1.807, 2.05) is 76.8 Å². The molecule has 14 heteroatoms. The van der Waals surface area contributed by atoms with Crippen molar-refractivity contribution in [2.75, 3.05) is 76.1 Å². The molecule has 46 heavy (non-hydrogen) atoms. The molecule has 1 amide bonds. The number of nitro benzene ring substituents is 1. The lowest BCUT2D eigenvalue weighted by molar-refractivity contribution is -0.384. The SMILES string of the molecule is COc1cc(N(C)CCN(C)C)c([N+](=O)[O-])cc1Nc1nccc(N2CC3(CCN(C(=O)OC(C)(C)C)C3)c3nc(C)ccc32)n1. The fourth-order valence-electron chi connectivity index (χ4n) is 5.93. The highest BCUT2D eigenvalue weighted by molar-refractivity contribution is 5.77. The van der Waals surface area contributed by atoms with Crippen LogP contribution in [-0.2, 0) is 10.2 Å². The summed E-state index contributed by atoms with van der Waals surface area (Å²) in [6, 6.07) is 8.93. The second-order valence-corrected chi connectivity index (χ2v) is 13.2. The van der Waals surface area contributed by atoms with Crippen molar-refractivity contribution in [2.24, 2.45) is 0 Å². The molecule has 0 aliphatic carbocycles. The Hall–Kier alpha value is -4.72. The van der Waals surface area contributed by atoms with Gasteiger partial charge in [0.05, 0.1) is 34.5 Å². The third-order valence-corrected chi connectivity index (χ3v) is 8.22. The number of carbonyl (C=O) groups is 1. The van der Waals surface area contributed by atoms with E-state index in [1.165, 1.54) is 13.2 Å². The van der Waals surface area contributed by atoms with Gasteiger partial charge in [-0.1, -0.05) is 0 Å². The Labute approximate surface area is 269 Å². The fourth-order valence-corrected chi connectivity index (χ4v) is 5.93. The Kier molecular flexibility index (Phi) is 8.94. The zero-order chi connectivity index (χ0) is 33.4. The van der Waals surface area contributed by atoms with Crippen LogP contribution in [0.1, 0.15) is 38.6 Å². The number of ether oxygens (including phenoxy) is 2. The normalized spacial score (nSPS) is 17.4. The van der Waals surface area contributed by atoms with E-state index in [0.717, 1.165) is 30.0 Å². The molecule has 0 radical (unpaired) electrons. The van der Waals surface area contributed by atoms with Crippen molar-refractivity contribution in [3.8, 4) is 5.75 Å². The molecular weight excluding hydrogens is 590 g/mol. The lowest BCUT2D eigenvalue weighted by atomic mass is 9.85. The first-order valence-electron chi connectivity index (χ1n) is 15.3. The van der Waals surface area contributed by atoms with Gasteiger partial charge < -0.3 is 34.4 Å². The quantitative estimate of drug-likeness (QED) is 0.254. The lowest BCUT2D eigenvalue weighted by Gasteiger charge is -2.27. The van der Waals surface area contributed by atoms with Crippen LogP contribution in [0.5, 0.6) is 5.75 Å². The first kappa shape index (κ1) is 32.7. The maximum atomic E-state index is 13.0. The van der Waals surface area contributed by atoms with Gasteiger partial charge in [0.25, 0.3) is 5.69 Å². The number of pyridine rings is 1. The number of amides is 1. The van der Waals surface area contributed by atoms with E-state index in [-0.39, 0.29) is 17.7 Å². The van der Waals surface area contributed by atoms with Crippen LogP contribution in [-0.4, -0.2) is 102 Å². The van der Waals surface area contributed by atoms with Gasteiger partial charge in [-0.2, -0.15) is 4.98 Å². The highest BCUT2D eigenvalue weighted by atomic mass is 16.6. The van der Waals surface area contributed by atoms with E-state index in [1.54, 1.807) is 17.2 Å². The number of hydrogen-bond acceptors (Lipinski definition) is 12. The number of nitrogens with zero attached hydrogens (tertiary/aromatic N) is 8. The van der Waals surface area contributed by atoms with Gasteiger partial charge in [0.15, 0.2) is 0 Å². The molecule has 1 unspecified atom stereocenters. The summed E-state index contributed by atoms with van der Waals surface area (Å²) >= 11 is 0. The molecule has 2 aliphatic rings. The molecule has 3 aromatic rings. The van der Waals surface area contributed by atoms with Crippen LogP contribution in [0.2, 0.25) is 0 Å². The minimum atomic E-state index is -0.586. The summed E-state index contributed by atoms with van der Waals surface area (Å²) in [6.45, 7) is 10.5. The fraction of sp³-hybridized carbons (Fsp3) is 0.500. The van der Waals surface area contributed by atoms with Gasteiger partial charge >= 0.3 is 6.09 Å². The van der Waals surface area contributed by atoms with E-state index >= 15 is 0 Å². The number of nitro groups is 1. The molecule has 0 saturated carbocycles. The average Bonchev–Trinajstić information content (AvgIpc) is 3.56. The third kappa shape index (κ3) is 6.76. The Bertz CT molecular complexity index is 1630. The largest absolute Gasteiger partial charge is 0.494 e. The molecule has 1 atom stereocenters. The summed E-state index contributed by atoms with van der Waals surface area (Å²) < 4.78 is 11.3. The molecule has 2 aliphatic heterocycles. The number of fused-ring (bicyclic) bond motifs is 2. The van der Waals surface area contributed by atoms with E-state index in [4.69, 9.17) is 19.4 Å². The second-order valence-electron chi connectivity index (χ2n) is 13.2. The highest BCUT2D eigenvalue weighted by Gasteiger charge is 2.51. The average molecular weight is 634 g/mol. The first-order valence-corrected chi connectivity index (χ1v) is 15.3. The minimum absolute atomic E-state index is 0.0617. The summed E-state index contributed by atoms with van der Waals surface area (Å²) in [5.74, 6) is 1.30. The number of hydrogen-bond donors (Lipinski definition) is 1. The molecule has 1 N–H and O–H groups in total. The smallest absolute Gasteiger partial charge is 0.410 e. The number of aryl methyl sites for hydroxylation is 1. The second kappa shape index (κ2) is 12.6. The Morgan fingerprint density at radius 3 is 2.57 bits per heavy atom. The van der Waals surface area contributed by atoms with Crippen molar-refractivity contribution >= 4 is 40.6 Å². The highest BCUT2D eigenvalue weighted by Crippen LogP contribution is 2.48. The van der Waals surface area contributed by atoms with Crippen molar-refractivity contribution in [2.45, 2.75) is 45.1 Å². The Morgan fingerprint density at radius 2 is 1.89 bits per heavy atom. The number of likely N-dealkylation sites (N-methyl/N-ethyl adjacent to an activating group) is 2. The molecule has 2 aromatic heterocycles. The van der Waals surface area contributed by atoms with E-state index in [2.05, 4.69) is 15.2 Å². The van der Waals surface area contributed by atoms with Gasteiger partial charge in [0.1, 0.15) is 22.9 Å². The zero-order valence-corrected chi connectivity index (χ0v) is 27.8. The molecule has 0 bridgehead atoms. The van der Waals surface area contributed by atoms with Crippen LogP contribution in [0.25, 0.3) is 0 Å². The van der Waals surface area contributed by atoms with Crippen LogP contribution in [0, 0.1) is 17.0 Å². The molecule has 1 aromatic carbocycles. The van der Waals surface area contributed by atoms with Gasteiger partial charge in [0, 0.05) is 63.8 Å². The van der Waals surface area contributed by atoms with Crippen molar-refractivity contribution < 1.29 is 19.2 Å². The van der Waals surface area contributed by atoms with Crippen LogP contribution in [0.3, 0.4) is 0 Å². The number of rotatable bonds is 9. The topological polar surface area (TPSA) is 142 Å². The van der Waals surface area contributed by atoms with Crippen molar-refractivity contribution in [3.63, 3.8) is 0 Å². The minimum Gasteiger partial charge on any atom is -0.494 e. The monoisotopic (exact) mass is 633 g/mol. The van der Waals surface area contributed by atoms with Gasteiger partial charge in [-0.05, 0) is 66.4 Å². The van der Waals surface area contributed by atoms with Crippen molar-refractivity contribution in [1.82, 2.24) is 24.8 Å². The number of anilines is 5. The van der Waals surface area contributed by atoms with Crippen LogP contribution < -0.4 is 19.9 Å². The van der Waals surface area contributed by atoms with E-state index in [0.29, 0.717) is 49.1 Å². The van der Waals surface area contributed by atoms with E-state index < -0.39 is 15.9 Å². The lowest BCUT2D eigenvalue weighted by Crippen LogP contribution is -2.40. The number of aromatic nitrogens is 3. The number of methoxy groups -OCH3 is 1. The van der Waals surface area contributed by atoms with Crippen LogP contribution in [0.4, 0.5) is 39.3 Å². The molecule has 1 saturated heterocycles. The van der Waals surface area contributed by atoms with Gasteiger partial charge in [-0.3, -0.25) is 15.1 Å². The van der Waals surface area contributed by atoms with Gasteiger partial charge in [-0.25, -0.2) is 9.78 Å². The summed E-state index contributed by atoms with van der Waals surface area (Å²) in [5.41, 5.74) is 2.51. The van der Waals surface area contributed by atoms with Crippen molar-refractivity contribution in [1.29, 1.82) is 0 Å². The molecular formula is C32H43N9O5. The molecule has 1 fully saturated rings. The molecule has 4 heterocycles. The maximum absolute atomic E-state index is 13.0.